The van der Waals surface area contributed by atoms with Gasteiger partial charge in [-0.05, 0) is 0 Å². The van der Waals surface area contributed by atoms with Gasteiger partial charge in [-0.2, -0.15) is 5.48 Å². The van der Waals surface area contributed by atoms with Crippen LogP contribution in [0.25, 0.3) is 0 Å². The zero-order chi connectivity index (χ0) is 7.98. The fourth-order valence-corrected chi connectivity index (χ4v) is 0.227. The van der Waals surface area contributed by atoms with Crippen LogP contribution in [0, 0.1) is 0 Å². The van der Waals surface area contributed by atoms with Crippen molar-refractivity contribution in [3.05, 3.63) is 0 Å². The van der Waals surface area contributed by atoms with Crippen molar-refractivity contribution in [2.24, 2.45) is 10.7 Å². The molecule has 5 heteroatoms. The summed E-state index contributed by atoms with van der Waals surface area (Å²) in [4.78, 5) is 18.3. The first-order chi connectivity index (χ1) is 4.70. The average Bonchev–Trinajstić information content (AvgIpc) is 1.99. The number of carbonyl (C=O) groups excluding carboxylic acids is 1. The third kappa shape index (κ3) is 3.71. The van der Waals surface area contributed by atoms with E-state index in [0.29, 0.717) is 6.42 Å². The van der Waals surface area contributed by atoms with E-state index in [-0.39, 0.29) is 11.9 Å². The van der Waals surface area contributed by atoms with Gasteiger partial charge >= 0.3 is 5.97 Å². The highest BCUT2D eigenvalue weighted by Gasteiger charge is 1.96. The number of aliphatic imine (C=N–C) groups is 1. The second kappa shape index (κ2) is 4.60. The van der Waals surface area contributed by atoms with E-state index in [2.05, 4.69) is 15.3 Å². The summed E-state index contributed by atoms with van der Waals surface area (Å²) in [6.07, 6.45) is 0.310. The largest absolute Gasteiger partial charge is 0.368 e. The zero-order valence-electron chi connectivity index (χ0n) is 6.05. The quantitative estimate of drug-likeness (QED) is 0.293. The summed E-state index contributed by atoms with van der Waals surface area (Å²) in [6, 6.07) is 0. The van der Waals surface area contributed by atoms with Crippen LogP contribution in [0.5, 0.6) is 0 Å². The molecular formula is C5H11N3O2. The van der Waals surface area contributed by atoms with Crippen molar-refractivity contribution >= 4 is 11.9 Å². The molecule has 0 unspecified atom stereocenters. The first-order valence-corrected chi connectivity index (χ1v) is 2.88. The molecule has 0 saturated heterocycles. The van der Waals surface area contributed by atoms with Gasteiger partial charge in [0.15, 0.2) is 0 Å². The molecule has 0 heterocycles. The van der Waals surface area contributed by atoms with Gasteiger partial charge in [-0.1, -0.05) is 6.92 Å². The van der Waals surface area contributed by atoms with Crippen molar-refractivity contribution in [2.75, 3.05) is 7.05 Å². The molecule has 0 rings (SSSR count). The van der Waals surface area contributed by atoms with Gasteiger partial charge in [-0.15, -0.1) is 0 Å². The highest BCUT2D eigenvalue weighted by molar-refractivity contribution is 5.78. The SMILES string of the molecule is CCC(=O)ONC(N)=NC. The summed E-state index contributed by atoms with van der Waals surface area (Å²) in [5, 5.41) is 0. The Morgan fingerprint density at radius 1 is 1.80 bits per heavy atom. The van der Waals surface area contributed by atoms with Crippen molar-refractivity contribution in [1.29, 1.82) is 0 Å². The molecule has 0 aliphatic rings. The highest BCUT2D eigenvalue weighted by Crippen LogP contribution is 1.78. The van der Waals surface area contributed by atoms with Crippen molar-refractivity contribution in [3.63, 3.8) is 0 Å². The first-order valence-electron chi connectivity index (χ1n) is 2.88. The maximum Gasteiger partial charge on any atom is 0.331 e. The maximum absolute atomic E-state index is 10.4. The Hall–Kier alpha value is -1.26. The Kier molecular flexibility index (Phi) is 4.02. The lowest BCUT2D eigenvalue weighted by atomic mass is 10.5. The predicted molar refractivity (Wildman–Crippen MR) is 37.1 cm³/mol. The molecule has 0 bridgehead atoms. The molecule has 3 N–H and O–H groups in total. The minimum atomic E-state index is -0.369. The zero-order valence-corrected chi connectivity index (χ0v) is 6.05. The molecular weight excluding hydrogens is 134 g/mol. The standard InChI is InChI=1S/C5H11N3O2/c1-3-4(9)10-8-5(6)7-2/h3H2,1-2H3,(H3,6,7,8). The third-order valence-electron chi connectivity index (χ3n) is 0.799. The first kappa shape index (κ1) is 8.74. The lowest BCUT2D eigenvalue weighted by Crippen LogP contribution is -2.33. The third-order valence-corrected chi connectivity index (χ3v) is 0.799. The number of carbonyl (C=O) groups is 1. The Morgan fingerprint density at radius 2 is 2.40 bits per heavy atom. The number of nitrogens with one attached hydrogen (secondary N) is 1. The van der Waals surface area contributed by atoms with Gasteiger partial charge in [0.2, 0.25) is 5.96 Å². The van der Waals surface area contributed by atoms with Crippen LogP contribution in [0.4, 0.5) is 0 Å². The fraction of sp³-hybridized carbons (Fsp3) is 0.600. The Bertz CT molecular complexity index is 144. The predicted octanol–water partition coefficient (Wildman–Crippen LogP) is -0.611. The number of hydrogen-bond donors (Lipinski definition) is 2. The summed E-state index contributed by atoms with van der Waals surface area (Å²) in [5.41, 5.74) is 7.30. The minimum absolute atomic E-state index is 0.0850. The van der Waals surface area contributed by atoms with Crippen molar-refractivity contribution in [1.82, 2.24) is 5.48 Å². The minimum Gasteiger partial charge on any atom is -0.368 e. The normalized spacial score (nSPS) is 10.8. The fourth-order valence-electron chi connectivity index (χ4n) is 0.227. The van der Waals surface area contributed by atoms with Crippen LogP contribution in [0.1, 0.15) is 13.3 Å². The summed E-state index contributed by atoms with van der Waals surface area (Å²) in [5.74, 6) is -0.284. The van der Waals surface area contributed by atoms with Crippen LogP contribution in [0.2, 0.25) is 0 Å². The number of nitrogens with two attached hydrogens (primary N) is 1. The highest BCUT2D eigenvalue weighted by atomic mass is 16.7. The average molecular weight is 145 g/mol. The van der Waals surface area contributed by atoms with Gasteiger partial charge in [0.05, 0.1) is 0 Å². The van der Waals surface area contributed by atoms with E-state index in [4.69, 9.17) is 5.73 Å². The van der Waals surface area contributed by atoms with E-state index >= 15 is 0 Å². The van der Waals surface area contributed by atoms with Gasteiger partial charge in [-0.3, -0.25) is 4.99 Å². The van der Waals surface area contributed by atoms with Crippen molar-refractivity contribution in [2.45, 2.75) is 13.3 Å². The number of hydrogen-bond acceptors (Lipinski definition) is 3. The summed E-state index contributed by atoms with van der Waals surface area (Å²) in [7, 11) is 1.49. The molecule has 0 amide bonds. The van der Waals surface area contributed by atoms with Crippen LogP contribution in [-0.4, -0.2) is 19.0 Å². The molecule has 0 spiro atoms. The number of guanidine groups is 1. The molecule has 5 nitrogen and oxygen atoms in total. The molecule has 0 aliphatic heterocycles. The molecule has 0 aliphatic carbocycles. The van der Waals surface area contributed by atoms with Crippen LogP contribution >= 0.6 is 0 Å². The topological polar surface area (TPSA) is 76.7 Å². The second-order valence-corrected chi connectivity index (χ2v) is 1.54. The van der Waals surface area contributed by atoms with Gasteiger partial charge in [0.25, 0.3) is 0 Å². The summed E-state index contributed by atoms with van der Waals surface area (Å²) >= 11 is 0. The van der Waals surface area contributed by atoms with Gasteiger partial charge in [0, 0.05) is 13.5 Å². The molecule has 0 saturated carbocycles. The molecule has 10 heavy (non-hydrogen) atoms. The van der Waals surface area contributed by atoms with E-state index in [9.17, 15) is 4.79 Å². The van der Waals surface area contributed by atoms with Gasteiger partial charge < -0.3 is 10.6 Å². The number of hydroxylamine groups is 1. The maximum atomic E-state index is 10.4. The van der Waals surface area contributed by atoms with Crippen LogP contribution in [-0.2, 0) is 9.63 Å². The molecule has 0 atom stereocenters. The van der Waals surface area contributed by atoms with Crippen LogP contribution in [0.3, 0.4) is 0 Å². The Labute approximate surface area is 59.2 Å². The lowest BCUT2D eigenvalue weighted by molar-refractivity contribution is -0.147. The van der Waals surface area contributed by atoms with E-state index in [1.54, 1.807) is 6.92 Å². The van der Waals surface area contributed by atoms with Crippen molar-refractivity contribution < 1.29 is 9.63 Å². The van der Waals surface area contributed by atoms with E-state index in [0.717, 1.165) is 0 Å². The lowest BCUT2D eigenvalue weighted by Gasteiger charge is -2.02. The Balaban J connectivity index is 3.45. The molecule has 0 aromatic carbocycles. The smallest absolute Gasteiger partial charge is 0.331 e. The molecule has 58 valence electrons. The molecule has 0 aromatic rings. The number of nitrogens with zero attached hydrogens (tertiary/aromatic N) is 1. The van der Waals surface area contributed by atoms with Crippen molar-refractivity contribution in [3.8, 4) is 0 Å². The van der Waals surface area contributed by atoms with Gasteiger partial charge in [0.1, 0.15) is 0 Å². The monoisotopic (exact) mass is 145 g/mol. The van der Waals surface area contributed by atoms with Crippen LogP contribution in [0.15, 0.2) is 4.99 Å². The summed E-state index contributed by atoms with van der Waals surface area (Å²) in [6.45, 7) is 1.68. The Morgan fingerprint density at radius 3 is 2.80 bits per heavy atom. The molecule has 0 fully saturated rings. The van der Waals surface area contributed by atoms with E-state index in [1.165, 1.54) is 7.05 Å². The van der Waals surface area contributed by atoms with Gasteiger partial charge in [-0.25, -0.2) is 4.79 Å². The van der Waals surface area contributed by atoms with E-state index < -0.39 is 0 Å². The summed E-state index contributed by atoms with van der Waals surface area (Å²) < 4.78 is 0. The second-order valence-electron chi connectivity index (χ2n) is 1.54. The molecule has 0 aromatic heterocycles. The number of rotatable bonds is 1. The van der Waals surface area contributed by atoms with E-state index in [1.807, 2.05) is 0 Å². The van der Waals surface area contributed by atoms with Crippen LogP contribution < -0.4 is 11.2 Å². The molecule has 0 radical (unpaired) electrons.